The van der Waals surface area contributed by atoms with E-state index in [4.69, 9.17) is 11.0 Å². The van der Waals surface area contributed by atoms with Crippen LogP contribution in [0.3, 0.4) is 0 Å². The van der Waals surface area contributed by atoms with Crippen molar-refractivity contribution in [2.75, 3.05) is 20.5 Å². The Hall–Kier alpha value is -1.06. The number of phenolic OH excluding ortho intramolecular Hbond substituents is 1. The van der Waals surface area contributed by atoms with Gasteiger partial charge in [0.25, 0.3) is 0 Å². The van der Waals surface area contributed by atoms with Gasteiger partial charge < -0.3 is 15.1 Å². The molecular weight excluding hydrogens is 226 g/mol. The number of benzene rings is 1. The minimum atomic E-state index is -2.90. The van der Waals surface area contributed by atoms with Gasteiger partial charge in [0, 0.05) is 23.4 Å². The molecule has 18 heavy (non-hydrogen) atoms. The molecule has 3 nitrogen and oxygen atoms in total. The molecule has 0 amide bonds. The Morgan fingerprint density at radius 1 is 1.67 bits per heavy atom. The van der Waals surface area contributed by atoms with E-state index in [2.05, 4.69) is 0 Å². The fourth-order valence-electron chi connectivity index (χ4n) is 2.17. The summed E-state index contributed by atoms with van der Waals surface area (Å²) in [6.45, 7) is -5.78. The quantitative estimate of drug-likeness (QED) is 0.873. The van der Waals surface area contributed by atoms with Crippen LogP contribution in [0.4, 0.5) is 0 Å². The van der Waals surface area contributed by atoms with Crippen molar-refractivity contribution in [2.24, 2.45) is 5.89 Å². The van der Waals surface area contributed by atoms with Crippen LogP contribution in [-0.4, -0.2) is 35.6 Å². The molecule has 0 aromatic heterocycles. The molecule has 0 radical (unpaired) electrons. The number of hydrogen-bond donors (Lipinski definition) is 2. The molecule has 1 fully saturated rings. The highest BCUT2D eigenvalue weighted by Crippen LogP contribution is 2.42. The average molecular weight is 257 g/mol. The lowest BCUT2D eigenvalue weighted by Gasteiger charge is -2.41. The Morgan fingerprint density at radius 3 is 3.22 bits per heavy atom. The first-order chi connectivity index (χ1) is 11.6. The van der Waals surface area contributed by atoms with E-state index in [0.717, 1.165) is 13.1 Å². The molecule has 1 aromatic rings. The first-order valence-corrected chi connectivity index (χ1v) is 5.87. The van der Waals surface area contributed by atoms with Crippen LogP contribution in [0.25, 0.3) is 0 Å². The molecule has 0 heterocycles. The smallest absolute Gasteiger partial charge is 0.115 e. The zero-order valence-corrected chi connectivity index (χ0v) is 10.3. The van der Waals surface area contributed by atoms with E-state index in [9.17, 15) is 10.2 Å². The van der Waals surface area contributed by atoms with E-state index in [1.54, 1.807) is 0 Å². The molecule has 0 spiro atoms. The average Bonchev–Trinajstić information content (AvgIpc) is 2.50. The van der Waals surface area contributed by atoms with Crippen molar-refractivity contribution < 1.29 is 21.2 Å². The summed E-state index contributed by atoms with van der Waals surface area (Å²) in [6.07, 6.45) is -2.70. The minimum Gasteiger partial charge on any atom is -0.508 e. The summed E-state index contributed by atoms with van der Waals surface area (Å²) < 4.78 is 64.6. The topological polar surface area (TPSA) is 43.7 Å². The molecule has 100 valence electrons. The van der Waals surface area contributed by atoms with Gasteiger partial charge in [-0.3, -0.25) is 0 Å². The van der Waals surface area contributed by atoms with Crippen molar-refractivity contribution in [3.8, 4) is 5.75 Å². The Kier molecular flexibility index (Phi) is 1.88. The molecule has 2 N–H and O–H groups in total. The number of nitrogens with zero attached hydrogens (tertiary/aromatic N) is 1. The maximum Gasteiger partial charge on any atom is 0.115 e. The summed E-state index contributed by atoms with van der Waals surface area (Å²) in [5, 5.41) is 21.2. The number of aromatic hydroxyl groups is 1. The Labute approximate surface area is 120 Å². The molecule has 1 aromatic carbocycles. The lowest BCUT2D eigenvalue weighted by atomic mass is 9.71. The van der Waals surface area contributed by atoms with E-state index in [1.807, 2.05) is 0 Å². The van der Waals surface area contributed by atoms with E-state index >= 15 is 0 Å². The maximum absolute atomic E-state index is 11.4. The standard InChI is InChI=1S/C15H23NO2/c1-16(2)11-13-6-3-4-9-15(13,18)12-7-5-8-14(17)10-12/h5,7-8,10,13,17-18H,3-4,6,9,11H2,1-2H3/t13-,15+/m0/s1/i1D3,9D2,11D2,13D. The first kappa shape index (κ1) is 6.40. The number of hydrogen-bond acceptors (Lipinski definition) is 3. The normalized spacial score (nSPS) is 43.5. The zero-order valence-electron chi connectivity index (χ0n) is 18.3. The molecular formula is C15H23NO2. The van der Waals surface area contributed by atoms with Gasteiger partial charge in [-0.15, -0.1) is 0 Å². The van der Waals surface area contributed by atoms with Crippen molar-refractivity contribution in [1.82, 2.24) is 4.90 Å². The highest BCUT2D eigenvalue weighted by molar-refractivity contribution is 5.32. The minimum absolute atomic E-state index is 0.103. The third kappa shape index (κ3) is 2.68. The molecule has 0 bridgehead atoms. The SMILES string of the molecule is [2H]C([2H])([2H])N(C)C([2H])([2H])[C@]1([2H])CCCC([2H])([2H])[C@@]1(O)c1cccc(O)c1. The fraction of sp³-hybridized carbons (Fsp3) is 0.600. The van der Waals surface area contributed by atoms with E-state index in [-0.39, 0.29) is 30.6 Å². The zero-order chi connectivity index (χ0) is 20.2. The lowest BCUT2D eigenvalue weighted by molar-refractivity contribution is -0.0619. The second kappa shape index (κ2) is 5.29. The van der Waals surface area contributed by atoms with Crippen molar-refractivity contribution in [3.63, 3.8) is 0 Å². The van der Waals surface area contributed by atoms with Crippen molar-refractivity contribution >= 4 is 0 Å². The summed E-state index contributed by atoms with van der Waals surface area (Å²) in [5.74, 6) is -2.82. The maximum atomic E-state index is 11.4. The Morgan fingerprint density at radius 2 is 2.50 bits per heavy atom. The predicted molar refractivity (Wildman–Crippen MR) is 72.5 cm³/mol. The second-order valence-electron chi connectivity index (χ2n) is 4.44. The van der Waals surface area contributed by atoms with Gasteiger partial charge in [-0.1, -0.05) is 25.0 Å². The highest BCUT2D eigenvalue weighted by atomic mass is 16.3. The highest BCUT2D eigenvalue weighted by Gasteiger charge is 2.40. The van der Waals surface area contributed by atoms with Crippen LogP contribution in [0.15, 0.2) is 24.3 Å². The summed E-state index contributed by atoms with van der Waals surface area (Å²) in [5.41, 5.74) is -2.85. The molecule has 2 atom stereocenters. The summed E-state index contributed by atoms with van der Waals surface area (Å²) in [7, 11) is 0.982. The van der Waals surface area contributed by atoms with Gasteiger partial charge in [0.2, 0.25) is 0 Å². The molecule has 0 saturated heterocycles. The van der Waals surface area contributed by atoms with Gasteiger partial charge >= 0.3 is 0 Å². The third-order valence-electron chi connectivity index (χ3n) is 2.99. The van der Waals surface area contributed by atoms with Crippen LogP contribution in [0, 0.1) is 5.89 Å². The predicted octanol–water partition coefficient (Wildman–Crippen LogP) is 2.33. The second-order valence-corrected chi connectivity index (χ2v) is 4.44. The number of aliphatic hydroxyl groups is 1. The van der Waals surface area contributed by atoms with Gasteiger partial charge in [-0.2, -0.15) is 0 Å². The number of phenols is 1. The van der Waals surface area contributed by atoms with Crippen LogP contribution in [0.5, 0.6) is 5.75 Å². The first-order valence-electron chi connectivity index (χ1n) is 9.87. The van der Waals surface area contributed by atoms with E-state index in [0.29, 0.717) is 4.90 Å². The van der Waals surface area contributed by atoms with Crippen LogP contribution in [-0.2, 0) is 5.60 Å². The van der Waals surface area contributed by atoms with E-state index < -0.39 is 31.3 Å². The largest absolute Gasteiger partial charge is 0.508 e. The van der Waals surface area contributed by atoms with Crippen LogP contribution < -0.4 is 0 Å². The van der Waals surface area contributed by atoms with E-state index in [1.165, 1.54) is 18.2 Å². The molecule has 1 aliphatic rings. The monoisotopic (exact) mass is 257 g/mol. The van der Waals surface area contributed by atoms with Crippen LogP contribution >= 0.6 is 0 Å². The van der Waals surface area contributed by atoms with Gasteiger partial charge in [0.05, 0.1) is 5.60 Å². The van der Waals surface area contributed by atoms with Crippen LogP contribution in [0.1, 0.15) is 42.2 Å². The fourth-order valence-corrected chi connectivity index (χ4v) is 2.17. The molecule has 0 aliphatic heterocycles. The molecule has 1 saturated carbocycles. The van der Waals surface area contributed by atoms with Crippen molar-refractivity contribution in [1.29, 1.82) is 0 Å². The Bertz CT molecular complexity index is 680. The summed E-state index contributed by atoms with van der Waals surface area (Å²) in [4.78, 5) is 0.377. The molecule has 1 aliphatic carbocycles. The van der Waals surface area contributed by atoms with Crippen LogP contribution in [0.2, 0.25) is 0 Å². The third-order valence-corrected chi connectivity index (χ3v) is 2.99. The summed E-state index contributed by atoms with van der Waals surface area (Å²) in [6, 6.07) is 5.05. The molecule has 2 rings (SSSR count). The Balaban J connectivity index is 2.75. The number of rotatable bonds is 3. The van der Waals surface area contributed by atoms with Gasteiger partial charge in [0.15, 0.2) is 0 Å². The van der Waals surface area contributed by atoms with Crippen molar-refractivity contribution in [2.45, 2.75) is 31.2 Å². The summed E-state index contributed by atoms with van der Waals surface area (Å²) >= 11 is 0. The van der Waals surface area contributed by atoms with Gasteiger partial charge in [-0.25, -0.2) is 0 Å². The lowest BCUT2D eigenvalue weighted by Crippen LogP contribution is -2.43. The van der Waals surface area contributed by atoms with Gasteiger partial charge in [-0.05, 0) is 44.5 Å². The molecule has 3 heteroatoms. The van der Waals surface area contributed by atoms with Crippen molar-refractivity contribution in [3.05, 3.63) is 29.8 Å². The molecule has 0 unspecified atom stereocenters. The van der Waals surface area contributed by atoms with Gasteiger partial charge in [0.1, 0.15) is 5.75 Å².